The minimum atomic E-state index is -0.343. The Kier molecular flexibility index (Phi) is 2.91. The Balaban J connectivity index is 1.86. The summed E-state index contributed by atoms with van der Waals surface area (Å²) in [6.45, 7) is 2.22. The second-order valence-corrected chi connectivity index (χ2v) is 4.47. The van der Waals surface area contributed by atoms with Crippen LogP contribution in [0.25, 0.3) is 10.9 Å². The number of aryl methyl sites for hydroxylation is 1. The monoisotopic (exact) mass is 256 g/mol. The molecular weight excluding hydrogens is 243 g/mol. The first kappa shape index (κ1) is 11.7. The molecule has 19 heavy (non-hydrogen) atoms. The zero-order chi connectivity index (χ0) is 13.2. The summed E-state index contributed by atoms with van der Waals surface area (Å²) < 4.78 is 19.1. The Morgan fingerprint density at radius 3 is 3.05 bits per heavy atom. The summed E-state index contributed by atoms with van der Waals surface area (Å²) in [5, 5.41) is 7.89. The number of benzene rings is 2. The third-order valence-corrected chi connectivity index (χ3v) is 3.04. The van der Waals surface area contributed by atoms with E-state index in [0.717, 1.165) is 22.0 Å². The van der Waals surface area contributed by atoms with E-state index in [2.05, 4.69) is 10.2 Å². The largest absolute Gasteiger partial charge is 0.486 e. The first-order valence-electron chi connectivity index (χ1n) is 6.04. The molecule has 1 aromatic heterocycles. The van der Waals surface area contributed by atoms with Crippen molar-refractivity contribution < 1.29 is 9.13 Å². The van der Waals surface area contributed by atoms with Gasteiger partial charge in [0.15, 0.2) is 11.6 Å². The van der Waals surface area contributed by atoms with Crippen LogP contribution in [0.15, 0.2) is 42.6 Å². The summed E-state index contributed by atoms with van der Waals surface area (Å²) in [4.78, 5) is 0. The second-order valence-electron chi connectivity index (χ2n) is 4.47. The Bertz CT molecular complexity index is 721. The van der Waals surface area contributed by atoms with Crippen molar-refractivity contribution in [1.82, 2.24) is 10.2 Å². The lowest BCUT2D eigenvalue weighted by atomic mass is 10.1. The van der Waals surface area contributed by atoms with Crippen LogP contribution in [0, 0.1) is 12.7 Å². The minimum Gasteiger partial charge on any atom is -0.486 e. The molecule has 3 nitrogen and oxygen atoms in total. The van der Waals surface area contributed by atoms with Gasteiger partial charge in [0.25, 0.3) is 0 Å². The normalized spacial score (nSPS) is 10.8. The molecule has 3 rings (SSSR count). The third kappa shape index (κ3) is 2.29. The maximum Gasteiger partial charge on any atom is 0.165 e. The summed E-state index contributed by atoms with van der Waals surface area (Å²) in [5.74, 6) is -0.0644. The van der Waals surface area contributed by atoms with E-state index < -0.39 is 0 Å². The van der Waals surface area contributed by atoms with Gasteiger partial charge in [0, 0.05) is 10.9 Å². The van der Waals surface area contributed by atoms with E-state index in [1.54, 1.807) is 18.3 Å². The van der Waals surface area contributed by atoms with E-state index in [1.807, 2.05) is 25.1 Å². The highest BCUT2D eigenvalue weighted by Gasteiger charge is 2.06. The van der Waals surface area contributed by atoms with Crippen molar-refractivity contribution in [2.75, 3.05) is 0 Å². The maximum atomic E-state index is 13.6. The van der Waals surface area contributed by atoms with Crippen LogP contribution in [0.5, 0.6) is 5.75 Å². The molecule has 4 heteroatoms. The molecule has 1 N–H and O–H groups in total. The Morgan fingerprint density at radius 2 is 2.16 bits per heavy atom. The molecule has 0 amide bonds. The van der Waals surface area contributed by atoms with Crippen molar-refractivity contribution in [3.05, 3.63) is 59.5 Å². The fraction of sp³-hybridized carbons (Fsp3) is 0.133. The van der Waals surface area contributed by atoms with E-state index in [0.29, 0.717) is 6.61 Å². The number of nitrogens with zero attached hydrogens (tertiary/aromatic N) is 1. The van der Waals surface area contributed by atoms with Gasteiger partial charge in [-0.05, 0) is 30.7 Å². The molecular formula is C15H13FN2O. The van der Waals surface area contributed by atoms with E-state index >= 15 is 0 Å². The molecule has 0 saturated carbocycles. The average Bonchev–Trinajstić information content (AvgIpc) is 2.88. The van der Waals surface area contributed by atoms with E-state index in [4.69, 9.17) is 4.74 Å². The van der Waals surface area contributed by atoms with Gasteiger partial charge in [-0.15, -0.1) is 0 Å². The van der Waals surface area contributed by atoms with Crippen LogP contribution < -0.4 is 4.74 Å². The predicted molar refractivity (Wildman–Crippen MR) is 71.6 cm³/mol. The fourth-order valence-corrected chi connectivity index (χ4v) is 2.03. The third-order valence-electron chi connectivity index (χ3n) is 3.04. The van der Waals surface area contributed by atoms with E-state index in [-0.39, 0.29) is 11.6 Å². The first-order valence-corrected chi connectivity index (χ1v) is 6.04. The van der Waals surface area contributed by atoms with Crippen molar-refractivity contribution in [2.45, 2.75) is 13.5 Å². The van der Waals surface area contributed by atoms with Gasteiger partial charge in [0.2, 0.25) is 0 Å². The van der Waals surface area contributed by atoms with Crippen molar-refractivity contribution in [3.8, 4) is 5.75 Å². The molecule has 0 aliphatic rings. The fourth-order valence-electron chi connectivity index (χ4n) is 2.03. The molecule has 0 aliphatic carbocycles. The summed E-state index contributed by atoms with van der Waals surface area (Å²) in [5.41, 5.74) is 2.90. The molecule has 0 fully saturated rings. The first-order chi connectivity index (χ1) is 9.24. The highest BCUT2D eigenvalue weighted by Crippen LogP contribution is 2.22. The number of nitrogens with one attached hydrogen (secondary N) is 1. The molecule has 0 unspecified atom stereocenters. The lowest BCUT2D eigenvalue weighted by molar-refractivity contribution is 0.291. The van der Waals surface area contributed by atoms with E-state index in [9.17, 15) is 4.39 Å². The molecule has 96 valence electrons. The van der Waals surface area contributed by atoms with Crippen molar-refractivity contribution >= 4 is 10.9 Å². The molecule has 0 bridgehead atoms. The number of ether oxygens (including phenoxy) is 1. The Hall–Kier alpha value is -2.36. The van der Waals surface area contributed by atoms with Crippen LogP contribution in [0.3, 0.4) is 0 Å². The minimum absolute atomic E-state index is 0.278. The topological polar surface area (TPSA) is 37.9 Å². The van der Waals surface area contributed by atoms with Crippen LogP contribution in [0.2, 0.25) is 0 Å². The summed E-state index contributed by atoms with van der Waals surface area (Å²) in [7, 11) is 0. The standard InChI is InChI=1S/C15H13FN2O/c1-10-5-6-13(16)15(7-10)19-9-11-3-2-4-14-12(11)8-17-18-14/h2-8H,9H2,1H3,(H,17,18). The van der Waals surface area contributed by atoms with Gasteiger partial charge in [0.05, 0.1) is 11.7 Å². The lowest BCUT2D eigenvalue weighted by Crippen LogP contribution is -1.98. The number of rotatable bonds is 3. The Morgan fingerprint density at radius 1 is 1.26 bits per heavy atom. The Labute approximate surface area is 110 Å². The van der Waals surface area contributed by atoms with Crippen LogP contribution in [0.4, 0.5) is 4.39 Å². The molecule has 3 aromatic rings. The zero-order valence-corrected chi connectivity index (χ0v) is 10.5. The number of aromatic nitrogens is 2. The van der Waals surface area contributed by atoms with Gasteiger partial charge in [0.1, 0.15) is 6.61 Å². The molecule has 0 aliphatic heterocycles. The molecule has 0 atom stereocenters. The van der Waals surface area contributed by atoms with E-state index in [1.165, 1.54) is 6.07 Å². The van der Waals surface area contributed by atoms with Crippen LogP contribution in [0.1, 0.15) is 11.1 Å². The van der Waals surface area contributed by atoms with Crippen molar-refractivity contribution in [3.63, 3.8) is 0 Å². The van der Waals surface area contributed by atoms with Crippen LogP contribution in [-0.2, 0) is 6.61 Å². The summed E-state index contributed by atoms with van der Waals surface area (Å²) in [6.07, 6.45) is 1.75. The van der Waals surface area contributed by atoms with Gasteiger partial charge in [-0.1, -0.05) is 18.2 Å². The van der Waals surface area contributed by atoms with Gasteiger partial charge >= 0.3 is 0 Å². The molecule has 0 radical (unpaired) electrons. The van der Waals surface area contributed by atoms with Crippen molar-refractivity contribution in [1.29, 1.82) is 0 Å². The second kappa shape index (κ2) is 4.72. The van der Waals surface area contributed by atoms with Gasteiger partial charge < -0.3 is 4.74 Å². The smallest absolute Gasteiger partial charge is 0.165 e. The van der Waals surface area contributed by atoms with Crippen LogP contribution in [-0.4, -0.2) is 10.2 Å². The SMILES string of the molecule is Cc1ccc(F)c(OCc2cccc3[nH]ncc23)c1. The molecule has 0 spiro atoms. The highest BCUT2D eigenvalue weighted by molar-refractivity contribution is 5.81. The molecule has 2 aromatic carbocycles. The number of fused-ring (bicyclic) bond motifs is 1. The van der Waals surface area contributed by atoms with Crippen LogP contribution >= 0.6 is 0 Å². The quantitative estimate of drug-likeness (QED) is 0.777. The van der Waals surface area contributed by atoms with Gasteiger partial charge in [-0.2, -0.15) is 5.10 Å². The summed E-state index contributed by atoms with van der Waals surface area (Å²) >= 11 is 0. The van der Waals surface area contributed by atoms with Gasteiger partial charge in [-0.25, -0.2) is 4.39 Å². The number of halogens is 1. The van der Waals surface area contributed by atoms with Gasteiger partial charge in [-0.3, -0.25) is 5.10 Å². The number of hydrogen-bond acceptors (Lipinski definition) is 2. The highest BCUT2D eigenvalue weighted by atomic mass is 19.1. The number of H-pyrrole nitrogens is 1. The average molecular weight is 256 g/mol. The van der Waals surface area contributed by atoms with Crippen molar-refractivity contribution in [2.24, 2.45) is 0 Å². The molecule has 1 heterocycles. The maximum absolute atomic E-state index is 13.6. The number of hydrogen-bond donors (Lipinski definition) is 1. The zero-order valence-electron chi connectivity index (χ0n) is 10.5. The lowest BCUT2D eigenvalue weighted by Gasteiger charge is -2.08. The molecule has 0 saturated heterocycles. The number of aromatic amines is 1. The predicted octanol–water partition coefficient (Wildman–Crippen LogP) is 3.59. The summed E-state index contributed by atoms with van der Waals surface area (Å²) in [6, 6.07) is 10.7.